The number of ether oxygens (including phenoxy) is 2. The fraction of sp³-hybridized carbons (Fsp3) is 0.632. The number of hydrogen-bond donors (Lipinski definition) is 1. The monoisotopic (exact) mass is 479 g/mol. The predicted molar refractivity (Wildman–Crippen MR) is 114 cm³/mol. The highest BCUT2D eigenvalue weighted by Crippen LogP contribution is 2.25. The third-order valence-corrected chi connectivity index (χ3v) is 3.99. The molecule has 1 heterocycles. The van der Waals surface area contributed by atoms with Crippen molar-refractivity contribution < 1.29 is 13.9 Å². The summed E-state index contributed by atoms with van der Waals surface area (Å²) in [4.78, 5) is 6.57. The molecule has 1 aliphatic heterocycles. The molecule has 1 N–H and O–H groups in total. The third kappa shape index (κ3) is 7.36. The van der Waals surface area contributed by atoms with Crippen molar-refractivity contribution in [2.24, 2.45) is 10.9 Å². The van der Waals surface area contributed by atoms with Crippen molar-refractivity contribution in [3.8, 4) is 0 Å². The Balaban J connectivity index is 0.00000338. The van der Waals surface area contributed by atoms with Gasteiger partial charge in [0.1, 0.15) is 11.9 Å². The molecule has 5 nitrogen and oxygen atoms in total. The average molecular weight is 479 g/mol. The van der Waals surface area contributed by atoms with E-state index in [9.17, 15) is 4.39 Å². The molecule has 2 atom stereocenters. The van der Waals surface area contributed by atoms with E-state index >= 15 is 0 Å². The van der Waals surface area contributed by atoms with Crippen LogP contribution in [0.15, 0.2) is 29.3 Å². The normalized spacial score (nSPS) is 20.8. The second-order valence-corrected chi connectivity index (χ2v) is 6.83. The van der Waals surface area contributed by atoms with E-state index in [2.05, 4.69) is 29.1 Å². The lowest BCUT2D eigenvalue weighted by atomic mass is 10.1. The van der Waals surface area contributed by atoms with Gasteiger partial charge in [0.15, 0.2) is 5.96 Å². The molecule has 0 aromatic heterocycles. The Morgan fingerprint density at radius 1 is 1.35 bits per heavy atom. The fourth-order valence-electron chi connectivity index (χ4n) is 2.87. The molecule has 0 spiro atoms. The van der Waals surface area contributed by atoms with Crippen LogP contribution in [0.5, 0.6) is 0 Å². The molecule has 2 rings (SSSR count). The lowest BCUT2D eigenvalue weighted by Gasteiger charge is -2.38. The van der Waals surface area contributed by atoms with Crippen molar-refractivity contribution in [2.75, 3.05) is 39.9 Å². The standard InChI is InChI=1S/C19H30FN3O2.HI/c1-14(2)13-24-10-9-22-19(21-4)23-11-15(3)25-18(12-23)16-5-7-17(20)8-6-16;/h5-8,14-15,18H,9-13H2,1-4H3,(H,21,22);1H. The SMILES string of the molecule is CN=C(NCCOCC(C)C)N1CC(C)OC(c2ccc(F)cc2)C1.I. The molecule has 2 unspecified atom stereocenters. The Morgan fingerprint density at radius 3 is 2.65 bits per heavy atom. The highest BCUT2D eigenvalue weighted by Gasteiger charge is 2.28. The van der Waals surface area contributed by atoms with E-state index in [0.29, 0.717) is 25.6 Å². The van der Waals surface area contributed by atoms with Gasteiger partial charge < -0.3 is 19.7 Å². The maximum absolute atomic E-state index is 13.1. The van der Waals surface area contributed by atoms with Gasteiger partial charge in [-0.05, 0) is 30.5 Å². The second-order valence-electron chi connectivity index (χ2n) is 6.83. The summed E-state index contributed by atoms with van der Waals surface area (Å²) in [5.74, 6) is 1.15. The molecule has 0 aliphatic carbocycles. The maximum atomic E-state index is 13.1. The van der Waals surface area contributed by atoms with Crippen LogP contribution < -0.4 is 5.32 Å². The van der Waals surface area contributed by atoms with Gasteiger partial charge in [0.05, 0.1) is 19.3 Å². The van der Waals surface area contributed by atoms with E-state index in [1.807, 2.05) is 6.92 Å². The van der Waals surface area contributed by atoms with Gasteiger partial charge in [0.2, 0.25) is 0 Å². The molecular formula is C19H31FIN3O2. The lowest BCUT2D eigenvalue weighted by Crippen LogP contribution is -2.51. The molecule has 7 heteroatoms. The van der Waals surface area contributed by atoms with Gasteiger partial charge >= 0.3 is 0 Å². The van der Waals surface area contributed by atoms with Gasteiger partial charge in [-0.25, -0.2) is 4.39 Å². The van der Waals surface area contributed by atoms with E-state index in [1.54, 1.807) is 19.2 Å². The zero-order valence-electron chi connectivity index (χ0n) is 16.1. The van der Waals surface area contributed by atoms with Crippen LogP contribution in [0.3, 0.4) is 0 Å². The van der Waals surface area contributed by atoms with Crippen molar-refractivity contribution in [3.05, 3.63) is 35.6 Å². The number of rotatable bonds is 6. The van der Waals surface area contributed by atoms with Crippen LogP contribution in [0.25, 0.3) is 0 Å². The number of nitrogens with zero attached hydrogens (tertiary/aromatic N) is 2. The summed E-state index contributed by atoms with van der Waals surface area (Å²) in [6.45, 7) is 9.90. The number of guanidine groups is 1. The lowest BCUT2D eigenvalue weighted by molar-refractivity contribution is -0.0605. The number of aliphatic imine (C=N–C) groups is 1. The molecule has 26 heavy (non-hydrogen) atoms. The first-order valence-electron chi connectivity index (χ1n) is 8.94. The molecule has 0 bridgehead atoms. The number of nitrogens with one attached hydrogen (secondary N) is 1. The molecule has 1 aliphatic rings. The Bertz CT molecular complexity index is 554. The second kappa shape index (κ2) is 11.7. The van der Waals surface area contributed by atoms with Gasteiger partial charge in [-0.15, -0.1) is 24.0 Å². The Hall–Kier alpha value is -0.930. The fourth-order valence-corrected chi connectivity index (χ4v) is 2.87. The summed E-state index contributed by atoms with van der Waals surface area (Å²) in [7, 11) is 1.78. The largest absolute Gasteiger partial charge is 0.379 e. The zero-order valence-corrected chi connectivity index (χ0v) is 18.4. The van der Waals surface area contributed by atoms with Crippen molar-refractivity contribution in [1.82, 2.24) is 10.2 Å². The van der Waals surface area contributed by atoms with Crippen molar-refractivity contribution in [2.45, 2.75) is 33.0 Å². The number of benzene rings is 1. The van der Waals surface area contributed by atoms with Crippen LogP contribution >= 0.6 is 24.0 Å². The van der Waals surface area contributed by atoms with E-state index in [0.717, 1.165) is 24.7 Å². The first-order chi connectivity index (χ1) is 12.0. The Kier molecular flexibility index (Phi) is 10.4. The van der Waals surface area contributed by atoms with Crippen molar-refractivity contribution >= 4 is 29.9 Å². The van der Waals surface area contributed by atoms with Gasteiger partial charge in [-0.3, -0.25) is 4.99 Å². The first-order valence-corrected chi connectivity index (χ1v) is 8.94. The highest BCUT2D eigenvalue weighted by molar-refractivity contribution is 14.0. The maximum Gasteiger partial charge on any atom is 0.193 e. The minimum atomic E-state index is -0.233. The topological polar surface area (TPSA) is 46.1 Å². The first kappa shape index (κ1) is 23.1. The summed E-state index contributed by atoms with van der Waals surface area (Å²) >= 11 is 0. The Morgan fingerprint density at radius 2 is 2.04 bits per heavy atom. The molecule has 1 aromatic rings. The minimum absolute atomic E-state index is 0. The highest BCUT2D eigenvalue weighted by atomic mass is 127. The van der Waals surface area contributed by atoms with Crippen LogP contribution in [-0.4, -0.2) is 56.9 Å². The predicted octanol–water partition coefficient (Wildman–Crippen LogP) is 3.45. The van der Waals surface area contributed by atoms with Gasteiger partial charge in [-0.2, -0.15) is 0 Å². The quantitative estimate of drug-likeness (QED) is 0.294. The third-order valence-electron chi connectivity index (χ3n) is 3.99. The van der Waals surface area contributed by atoms with Gasteiger partial charge in [-0.1, -0.05) is 26.0 Å². The summed E-state index contributed by atoms with van der Waals surface area (Å²) in [5, 5.41) is 3.35. The smallest absolute Gasteiger partial charge is 0.193 e. The van der Waals surface area contributed by atoms with E-state index < -0.39 is 0 Å². The van der Waals surface area contributed by atoms with Crippen LogP contribution in [-0.2, 0) is 9.47 Å². The summed E-state index contributed by atoms with van der Waals surface area (Å²) in [6.07, 6.45) is -0.0281. The molecule has 0 saturated carbocycles. The zero-order chi connectivity index (χ0) is 18.2. The van der Waals surface area contributed by atoms with Gasteiger partial charge in [0.25, 0.3) is 0 Å². The number of halogens is 2. The minimum Gasteiger partial charge on any atom is -0.379 e. The molecule has 0 radical (unpaired) electrons. The van der Waals surface area contributed by atoms with E-state index in [-0.39, 0.29) is 42.0 Å². The molecular weight excluding hydrogens is 448 g/mol. The molecule has 1 fully saturated rings. The average Bonchev–Trinajstić information content (AvgIpc) is 2.58. The van der Waals surface area contributed by atoms with Crippen molar-refractivity contribution in [1.29, 1.82) is 0 Å². The van der Waals surface area contributed by atoms with E-state index in [4.69, 9.17) is 9.47 Å². The summed E-state index contributed by atoms with van der Waals surface area (Å²) in [5.41, 5.74) is 0.980. The molecule has 1 saturated heterocycles. The van der Waals surface area contributed by atoms with Gasteiger partial charge in [0, 0.05) is 26.7 Å². The molecule has 148 valence electrons. The van der Waals surface area contributed by atoms with Crippen LogP contribution in [0.1, 0.15) is 32.4 Å². The Labute approximate surface area is 173 Å². The molecule has 1 aromatic carbocycles. The van der Waals surface area contributed by atoms with Crippen LogP contribution in [0, 0.1) is 11.7 Å². The van der Waals surface area contributed by atoms with Crippen LogP contribution in [0.2, 0.25) is 0 Å². The van der Waals surface area contributed by atoms with Crippen LogP contribution in [0.4, 0.5) is 4.39 Å². The van der Waals surface area contributed by atoms with E-state index in [1.165, 1.54) is 12.1 Å². The summed E-state index contributed by atoms with van der Waals surface area (Å²) < 4.78 is 24.8. The van der Waals surface area contributed by atoms with Crippen molar-refractivity contribution in [3.63, 3.8) is 0 Å². The molecule has 0 amide bonds. The summed E-state index contributed by atoms with van der Waals surface area (Å²) in [6, 6.07) is 6.52. The number of hydrogen-bond acceptors (Lipinski definition) is 3. The number of morpholine rings is 1.